The second-order valence-electron chi connectivity index (χ2n) is 2.89. The topological polar surface area (TPSA) is 24.4 Å². The SMILES string of the molecule is C1=NC2CNCC2CC1. The van der Waals surface area contributed by atoms with Crippen molar-refractivity contribution in [3.8, 4) is 0 Å². The van der Waals surface area contributed by atoms with E-state index >= 15 is 0 Å². The van der Waals surface area contributed by atoms with E-state index in [4.69, 9.17) is 0 Å². The Balaban J connectivity index is 2.10. The van der Waals surface area contributed by atoms with Gasteiger partial charge in [0.15, 0.2) is 0 Å². The second kappa shape index (κ2) is 2.10. The second-order valence-corrected chi connectivity index (χ2v) is 2.89. The van der Waals surface area contributed by atoms with Crippen LogP contribution in [0.4, 0.5) is 0 Å². The van der Waals surface area contributed by atoms with Gasteiger partial charge in [-0.2, -0.15) is 0 Å². The van der Waals surface area contributed by atoms with Crippen LogP contribution in [0.25, 0.3) is 0 Å². The van der Waals surface area contributed by atoms with Gasteiger partial charge in [0.2, 0.25) is 0 Å². The Kier molecular flexibility index (Phi) is 1.27. The lowest BCUT2D eigenvalue weighted by molar-refractivity contribution is 0.472. The molecule has 0 aromatic rings. The van der Waals surface area contributed by atoms with Gasteiger partial charge in [-0.25, -0.2) is 0 Å². The number of nitrogens with zero attached hydrogens (tertiary/aromatic N) is 1. The van der Waals surface area contributed by atoms with Crippen molar-refractivity contribution >= 4 is 6.21 Å². The van der Waals surface area contributed by atoms with Crippen molar-refractivity contribution in [3.05, 3.63) is 0 Å². The zero-order valence-electron chi connectivity index (χ0n) is 5.51. The summed E-state index contributed by atoms with van der Waals surface area (Å²) >= 11 is 0. The monoisotopic (exact) mass is 124 g/mol. The van der Waals surface area contributed by atoms with Crippen LogP contribution in [0.3, 0.4) is 0 Å². The lowest BCUT2D eigenvalue weighted by atomic mass is 9.96. The van der Waals surface area contributed by atoms with Gasteiger partial charge in [-0.3, -0.25) is 4.99 Å². The molecule has 0 aromatic carbocycles. The fourth-order valence-electron chi connectivity index (χ4n) is 1.69. The number of fused-ring (bicyclic) bond motifs is 1. The molecule has 50 valence electrons. The van der Waals surface area contributed by atoms with E-state index in [2.05, 4.69) is 16.5 Å². The van der Waals surface area contributed by atoms with E-state index in [1.807, 2.05) is 0 Å². The molecule has 2 nitrogen and oxygen atoms in total. The van der Waals surface area contributed by atoms with Gasteiger partial charge in [0.1, 0.15) is 0 Å². The van der Waals surface area contributed by atoms with E-state index < -0.39 is 0 Å². The van der Waals surface area contributed by atoms with Crippen molar-refractivity contribution in [1.82, 2.24) is 5.32 Å². The molecule has 2 rings (SSSR count). The molecule has 9 heavy (non-hydrogen) atoms. The standard InChI is InChI=1S/C7H12N2/c1-2-6-4-8-5-7(6)9-3-1/h3,6-8H,1-2,4-5H2. The van der Waals surface area contributed by atoms with Crippen molar-refractivity contribution < 1.29 is 0 Å². The van der Waals surface area contributed by atoms with Crippen LogP contribution in [0.2, 0.25) is 0 Å². The molecule has 1 saturated heterocycles. The van der Waals surface area contributed by atoms with Gasteiger partial charge >= 0.3 is 0 Å². The minimum absolute atomic E-state index is 0.624. The van der Waals surface area contributed by atoms with Gasteiger partial charge < -0.3 is 5.32 Å². The van der Waals surface area contributed by atoms with Crippen molar-refractivity contribution in [2.75, 3.05) is 13.1 Å². The maximum absolute atomic E-state index is 4.40. The smallest absolute Gasteiger partial charge is 0.0660 e. The van der Waals surface area contributed by atoms with Crippen LogP contribution in [-0.4, -0.2) is 25.3 Å². The first kappa shape index (κ1) is 5.42. The fraction of sp³-hybridized carbons (Fsp3) is 0.857. The van der Waals surface area contributed by atoms with Gasteiger partial charge in [0.25, 0.3) is 0 Å². The molecule has 0 spiro atoms. The van der Waals surface area contributed by atoms with E-state index in [0.29, 0.717) is 6.04 Å². The minimum atomic E-state index is 0.624. The van der Waals surface area contributed by atoms with E-state index in [9.17, 15) is 0 Å². The van der Waals surface area contributed by atoms with E-state index in [1.54, 1.807) is 0 Å². The van der Waals surface area contributed by atoms with Crippen LogP contribution in [0.1, 0.15) is 12.8 Å². The molecule has 1 N–H and O–H groups in total. The third-order valence-electron chi connectivity index (χ3n) is 2.27. The third-order valence-corrected chi connectivity index (χ3v) is 2.27. The highest BCUT2D eigenvalue weighted by molar-refractivity contribution is 5.58. The molecule has 2 atom stereocenters. The molecular formula is C7H12N2. The summed E-state index contributed by atoms with van der Waals surface area (Å²) in [7, 11) is 0. The summed E-state index contributed by atoms with van der Waals surface area (Å²) in [6.07, 6.45) is 4.62. The average Bonchev–Trinajstić information content (AvgIpc) is 2.33. The quantitative estimate of drug-likeness (QED) is 0.498. The molecule has 2 aliphatic rings. The highest BCUT2D eigenvalue weighted by Gasteiger charge is 2.26. The molecule has 2 aliphatic heterocycles. The number of rotatable bonds is 0. The average molecular weight is 124 g/mol. The van der Waals surface area contributed by atoms with Crippen molar-refractivity contribution in [2.45, 2.75) is 18.9 Å². The summed E-state index contributed by atoms with van der Waals surface area (Å²) in [5.41, 5.74) is 0. The highest BCUT2D eigenvalue weighted by atomic mass is 15.0. The van der Waals surface area contributed by atoms with Gasteiger partial charge in [-0.05, 0) is 25.0 Å². The first-order valence-electron chi connectivity index (χ1n) is 3.69. The zero-order chi connectivity index (χ0) is 6.10. The van der Waals surface area contributed by atoms with Crippen LogP contribution in [0.5, 0.6) is 0 Å². The number of aliphatic imine (C=N–C) groups is 1. The number of hydrogen-bond donors (Lipinski definition) is 1. The van der Waals surface area contributed by atoms with E-state index in [1.165, 1.54) is 19.4 Å². The largest absolute Gasteiger partial charge is 0.314 e. The van der Waals surface area contributed by atoms with Crippen molar-refractivity contribution in [1.29, 1.82) is 0 Å². The maximum atomic E-state index is 4.40. The summed E-state index contributed by atoms with van der Waals surface area (Å²) in [5, 5.41) is 3.35. The lowest BCUT2D eigenvalue weighted by Crippen LogP contribution is -2.19. The van der Waals surface area contributed by atoms with Crippen molar-refractivity contribution in [3.63, 3.8) is 0 Å². The van der Waals surface area contributed by atoms with Gasteiger partial charge in [-0.15, -0.1) is 0 Å². The molecule has 2 heteroatoms. The van der Waals surface area contributed by atoms with E-state index in [-0.39, 0.29) is 0 Å². The molecular weight excluding hydrogens is 112 g/mol. The Bertz CT molecular complexity index is 131. The third kappa shape index (κ3) is 0.874. The van der Waals surface area contributed by atoms with Gasteiger partial charge in [-0.1, -0.05) is 0 Å². The zero-order valence-corrected chi connectivity index (χ0v) is 5.51. The molecule has 2 heterocycles. The van der Waals surface area contributed by atoms with Crippen LogP contribution in [0.15, 0.2) is 4.99 Å². The Morgan fingerprint density at radius 3 is 3.33 bits per heavy atom. The Labute approximate surface area is 55.4 Å². The molecule has 0 radical (unpaired) electrons. The first-order valence-corrected chi connectivity index (χ1v) is 3.69. The van der Waals surface area contributed by atoms with Crippen molar-refractivity contribution in [2.24, 2.45) is 10.9 Å². The molecule has 2 unspecified atom stereocenters. The molecule has 1 fully saturated rings. The predicted molar refractivity (Wildman–Crippen MR) is 37.9 cm³/mol. The number of hydrogen-bond acceptors (Lipinski definition) is 2. The lowest BCUT2D eigenvalue weighted by Gasteiger charge is -2.16. The van der Waals surface area contributed by atoms with Crippen LogP contribution in [-0.2, 0) is 0 Å². The van der Waals surface area contributed by atoms with Gasteiger partial charge in [0.05, 0.1) is 6.04 Å². The normalized spacial score (nSPS) is 40.9. The summed E-state index contributed by atoms with van der Waals surface area (Å²) in [6.45, 7) is 2.31. The minimum Gasteiger partial charge on any atom is -0.314 e. The maximum Gasteiger partial charge on any atom is 0.0660 e. The molecule has 0 aliphatic carbocycles. The Hall–Kier alpha value is -0.370. The van der Waals surface area contributed by atoms with Crippen LogP contribution in [0, 0.1) is 5.92 Å². The molecule has 0 aromatic heterocycles. The fourth-order valence-corrected chi connectivity index (χ4v) is 1.69. The highest BCUT2D eigenvalue weighted by Crippen LogP contribution is 2.20. The van der Waals surface area contributed by atoms with E-state index in [0.717, 1.165) is 12.5 Å². The number of nitrogens with one attached hydrogen (secondary N) is 1. The summed E-state index contributed by atoms with van der Waals surface area (Å²) in [5.74, 6) is 0.856. The summed E-state index contributed by atoms with van der Waals surface area (Å²) in [4.78, 5) is 4.40. The van der Waals surface area contributed by atoms with Crippen LogP contribution < -0.4 is 5.32 Å². The Morgan fingerprint density at radius 1 is 1.44 bits per heavy atom. The predicted octanol–water partition coefficient (Wildman–Crippen LogP) is 0.439. The molecule has 0 amide bonds. The molecule has 0 saturated carbocycles. The molecule has 0 bridgehead atoms. The Morgan fingerprint density at radius 2 is 2.44 bits per heavy atom. The summed E-state index contributed by atoms with van der Waals surface area (Å²) < 4.78 is 0. The van der Waals surface area contributed by atoms with Crippen LogP contribution >= 0.6 is 0 Å². The summed E-state index contributed by atoms with van der Waals surface area (Å²) in [6, 6.07) is 0.624. The first-order chi connectivity index (χ1) is 4.47. The van der Waals surface area contributed by atoms with Gasteiger partial charge in [0, 0.05) is 13.1 Å².